The Labute approximate surface area is 164 Å². The number of carbonyl (C=O) groups excluding carboxylic acids is 2. The molecular weight excluding hydrogens is 428 g/mol. The third-order valence-electron chi connectivity index (χ3n) is 4.79. The van der Waals surface area contributed by atoms with E-state index in [1.165, 1.54) is 0 Å². The van der Waals surface area contributed by atoms with Crippen molar-refractivity contribution in [1.29, 1.82) is 0 Å². The molecule has 30 heavy (non-hydrogen) atoms. The fourth-order valence-electron chi connectivity index (χ4n) is 3.24. The van der Waals surface area contributed by atoms with Crippen LogP contribution in [0.15, 0.2) is 30.5 Å². The Morgan fingerprint density at radius 2 is 1.53 bits per heavy atom. The normalized spacial score (nSPS) is 22.0. The quantitative estimate of drug-likeness (QED) is 0.524. The molecule has 3 rings (SSSR count). The minimum Gasteiger partial charge on any atom is -0.327 e. The Bertz CT molecular complexity index is 851. The molecule has 2 heterocycles. The van der Waals surface area contributed by atoms with Gasteiger partial charge in [-0.3, -0.25) is 9.59 Å². The monoisotopic (exact) mass is 442 g/mol. The minimum absolute atomic E-state index is 0.000542. The highest BCUT2D eigenvalue weighted by atomic mass is 19.4. The van der Waals surface area contributed by atoms with E-state index < -0.39 is 60.2 Å². The molecule has 1 unspecified atom stereocenters. The van der Waals surface area contributed by atoms with Crippen LogP contribution in [0.5, 0.6) is 0 Å². The number of likely N-dealkylation sites (tertiary alicyclic amines) is 2. The average molecular weight is 442 g/mol. The van der Waals surface area contributed by atoms with Crippen LogP contribution in [0.4, 0.5) is 35.1 Å². The van der Waals surface area contributed by atoms with Crippen molar-refractivity contribution >= 4 is 11.8 Å². The van der Waals surface area contributed by atoms with Gasteiger partial charge >= 0.3 is 12.4 Å². The first kappa shape index (κ1) is 22.0. The van der Waals surface area contributed by atoms with Gasteiger partial charge in [-0.2, -0.15) is 26.3 Å². The zero-order chi connectivity index (χ0) is 22.5. The predicted octanol–water partition coefficient (Wildman–Crippen LogP) is 4.03. The number of benzene rings is 1. The molecular formula is C18H14F8N2O2. The molecule has 1 aromatic rings. The topological polar surface area (TPSA) is 40.6 Å². The lowest BCUT2D eigenvalue weighted by molar-refractivity contribution is -0.160. The van der Waals surface area contributed by atoms with Crippen molar-refractivity contribution in [3.05, 3.63) is 47.2 Å². The van der Waals surface area contributed by atoms with Crippen molar-refractivity contribution in [2.75, 3.05) is 19.6 Å². The molecule has 4 nitrogen and oxygen atoms in total. The van der Waals surface area contributed by atoms with Gasteiger partial charge < -0.3 is 9.80 Å². The summed E-state index contributed by atoms with van der Waals surface area (Å²) in [5.74, 6) is -5.34. The molecule has 1 aromatic carbocycles. The molecule has 0 radical (unpaired) electrons. The summed E-state index contributed by atoms with van der Waals surface area (Å²) in [5.41, 5.74) is -3.28. The summed E-state index contributed by atoms with van der Waals surface area (Å²) >= 11 is 0. The molecule has 0 bridgehead atoms. The van der Waals surface area contributed by atoms with Crippen LogP contribution in [0, 0.1) is 0 Å². The summed E-state index contributed by atoms with van der Waals surface area (Å²) in [5, 5.41) is 0. The van der Waals surface area contributed by atoms with E-state index in [0.29, 0.717) is 12.1 Å². The number of amides is 2. The molecule has 2 saturated heterocycles. The van der Waals surface area contributed by atoms with Crippen molar-refractivity contribution in [3.8, 4) is 0 Å². The van der Waals surface area contributed by atoms with Crippen molar-refractivity contribution in [3.63, 3.8) is 0 Å². The van der Waals surface area contributed by atoms with Crippen LogP contribution in [0.3, 0.4) is 0 Å². The number of rotatable bonds is 3. The SMILES string of the molecule is O=C1CC(c2cc(C(F)(F)F)cc(C(F)(F)F)c2)CN1C=CC(=O)N1CC(F)(F)C1. The van der Waals surface area contributed by atoms with Crippen LogP contribution in [-0.4, -0.2) is 47.2 Å². The zero-order valence-corrected chi connectivity index (χ0v) is 15.0. The Hall–Kier alpha value is -2.66. The molecule has 2 aliphatic rings. The van der Waals surface area contributed by atoms with E-state index in [4.69, 9.17) is 0 Å². The molecule has 0 saturated carbocycles. The highest BCUT2D eigenvalue weighted by molar-refractivity contribution is 5.89. The van der Waals surface area contributed by atoms with E-state index in [2.05, 4.69) is 0 Å². The smallest absolute Gasteiger partial charge is 0.327 e. The first-order valence-corrected chi connectivity index (χ1v) is 8.59. The number of alkyl halides is 8. The number of nitrogens with zero attached hydrogens (tertiary/aromatic N) is 2. The second kappa shape index (κ2) is 7.24. The lowest BCUT2D eigenvalue weighted by atomic mass is 9.94. The molecule has 0 aromatic heterocycles. The number of hydrogen-bond acceptors (Lipinski definition) is 2. The molecule has 164 valence electrons. The fourth-order valence-corrected chi connectivity index (χ4v) is 3.24. The molecule has 0 N–H and O–H groups in total. The molecule has 0 spiro atoms. The Kier molecular flexibility index (Phi) is 5.32. The van der Waals surface area contributed by atoms with Crippen LogP contribution in [0.25, 0.3) is 0 Å². The molecule has 0 aliphatic carbocycles. The van der Waals surface area contributed by atoms with E-state index in [1.807, 2.05) is 0 Å². The number of halogens is 8. The molecule has 12 heteroatoms. The number of carbonyl (C=O) groups is 2. The van der Waals surface area contributed by atoms with E-state index in [0.717, 1.165) is 22.1 Å². The maximum atomic E-state index is 13.0. The standard InChI is InChI=1S/C18H14F8N2O2/c19-16(20)8-28(9-16)14(29)1-2-27-7-11(5-15(27)30)10-3-12(17(21,22)23)6-13(4-10)18(24,25)26/h1-4,6,11H,5,7-9H2. The van der Waals surface area contributed by atoms with Gasteiger partial charge in [0, 0.05) is 31.2 Å². The first-order chi connectivity index (χ1) is 13.7. The van der Waals surface area contributed by atoms with Gasteiger partial charge in [0.2, 0.25) is 11.8 Å². The maximum Gasteiger partial charge on any atom is 0.416 e. The third-order valence-corrected chi connectivity index (χ3v) is 4.79. The van der Waals surface area contributed by atoms with Crippen molar-refractivity contribution in [2.24, 2.45) is 0 Å². The average Bonchev–Trinajstić information content (AvgIpc) is 2.96. The second-order valence-electron chi connectivity index (χ2n) is 7.15. The largest absolute Gasteiger partial charge is 0.416 e. The maximum absolute atomic E-state index is 13.0. The summed E-state index contributed by atoms with van der Waals surface area (Å²) in [6, 6.07) is 1.13. The van der Waals surface area contributed by atoms with Gasteiger partial charge in [-0.05, 0) is 23.8 Å². The molecule has 1 atom stereocenters. The van der Waals surface area contributed by atoms with Gasteiger partial charge in [0.05, 0.1) is 24.2 Å². The number of hydrogen-bond donors (Lipinski definition) is 0. The van der Waals surface area contributed by atoms with E-state index in [9.17, 15) is 44.7 Å². The summed E-state index contributed by atoms with van der Waals surface area (Å²) in [7, 11) is 0. The lowest BCUT2D eigenvalue weighted by Gasteiger charge is -2.38. The predicted molar refractivity (Wildman–Crippen MR) is 86.2 cm³/mol. The van der Waals surface area contributed by atoms with Crippen LogP contribution in [0.1, 0.15) is 29.0 Å². The van der Waals surface area contributed by atoms with Crippen LogP contribution in [-0.2, 0) is 21.9 Å². The van der Waals surface area contributed by atoms with Gasteiger partial charge in [0.25, 0.3) is 5.92 Å². The van der Waals surface area contributed by atoms with Crippen LogP contribution in [0.2, 0.25) is 0 Å². The van der Waals surface area contributed by atoms with Crippen molar-refractivity contribution < 1.29 is 44.7 Å². The van der Waals surface area contributed by atoms with Gasteiger partial charge in [-0.1, -0.05) is 0 Å². The second-order valence-corrected chi connectivity index (χ2v) is 7.15. The van der Waals surface area contributed by atoms with Gasteiger partial charge in [0.1, 0.15) is 0 Å². The molecule has 2 amide bonds. The Morgan fingerprint density at radius 3 is 2.00 bits per heavy atom. The highest BCUT2D eigenvalue weighted by Gasteiger charge is 2.45. The van der Waals surface area contributed by atoms with E-state index in [1.54, 1.807) is 0 Å². The van der Waals surface area contributed by atoms with E-state index in [-0.39, 0.29) is 24.6 Å². The summed E-state index contributed by atoms with van der Waals surface area (Å²) < 4.78 is 104. The zero-order valence-electron chi connectivity index (χ0n) is 15.0. The fraction of sp³-hybridized carbons (Fsp3) is 0.444. The van der Waals surface area contributed by atoms with Gasteiger partial charge in [-0.25, -0.2) is 8.78 Å². The van der Waals surface area contributed by atoms with Crippen LogP contribution >= 0.6 is 0 Å². The van der Waals surface area contributed by atoms with Crippen LogP contribution < -0.4 is 0 Å². The highest BCUT2D eigenvalue weighted by Crippen LogP contribution is 2.39. The molecule has 2 aliphatic heterocycles. The van der Waals surface area contributed by atoms with Crippen molar-refractivity contribution in [2.45, 2.75) is 30.6 Å². The van der Waals surface area contributed by atoms with Gasteiger partial charge in [-0.15, -0.1) is 0 Å². The van der Waals surface area contributed by atoms with Crippen molar-refractivity contribution in [1.82, 2.24) is 9.80 Å². The third kappa shape index (κ3) is 4.73. The lowest BCUT2D eigenvalue weighted by Crippen LogP contribution is -2.58. The Balaban J connectivity index is 1.77. The molecule has 2 fully saturated rings. The van der Waals surface area contributed by atoms with E-state index >= 15 is 0 Å². The Morgan fingerprint density at radius 1 is 1.00 bits per heavy atom. The first-order valence-electron chi connectivity index (χ1n) is 8.59. The summed E-state index contributed by atoms with van der Waals surface area (Å²) in [6.45, 7) is -1.79. The summed E-state index contributed by atoms with van der Waals surface area (Å²) in [4.78, 5) is 25.6. The van der Waals surface area contributed by atoms with Gasteiger partial charge in [0.15, 0.2) is 0 Å². The minimum atomic E-state index is -5.01. The summed E-state index contributed by atoms with van der Waals surface area (Å²) in [6.07, 6.45) is -8.52.